The number of aliphatic hydroxyl groups is 1. The molecule has 1 aromatic carbocycles. The number of aliphatic hydroxyl groups excluding tert-OH is 1. The summed E-state index contributed by atoms with van der Waals surface area (Å²) >= 11 is 5.91. The van der Waals surface area contributed by atoms with Crippen LogP contribution in [0.4, 0.5) is 5.69 Å². The second-order valence-corrected chi connectivity index (χ2v) is 6.33. The van der Waals surface area contributed by atoms with Gasteiger partial charge in [-0.25, -0.2) is 8.42 Å². The Labute approximate surface area is 112 Å². The molecule has 0 saturated heterocycles. The van der Waals surface area contributed by atoms with E-state index in [-0.39, 0.29) is 34.8 Å². The first-order chi connectivity index (χ1) is 8.32. The molecule has 102 valence electrons. The lowest BCUT2D eigenvalue weighted by Gasteiger charge is -2.26. The summed E-state index contributed by atoms with van der Waals surface area (Å²) in [6.07, 6.45) is 0. The smallest absolute Gasteiger partial charge is 0.246 e. The van der Waals surface area contributed by atoms with Crippen LogP contribution >= 0.6 is 11.6 Å². The number of nitrogen functional groups attached to an aromatic ring is 1. The molecule has 0 unspecified atom stereocenters. The van der Waals surface area contributed by atoms with Crippen LogP contribution in [0.15, 0.2) is 23.1 Å². The van der Waals surface area contributed by atoms with E-state index < -0.39 is 10.0 Å². The second-order valence-electron chi connectivity index (χ2n) is 4.09. The Kier molecular flexibility index (Phi) is 4.98. The molecule has 0 aliphatic heterocycles. The van der Waals surface area contributed by atoms with Crippen molar-refractivity contribution in [2.75, 3.05) is 18.9 Å². The fraction of sp³-hybridized carbons (Fsp3) is 0.455. The summed E-state index contributed by atoms with van der Waals surface area (Å²) in [6.45, 7) is 3.19. The molecule has 0 spiro atoms. The van der Waals surface area contributed by atoms with Crippen molar-refractivity contribution >= 4 is 27.3 Å². The first-order valence-electron chi connectivity index (χ1n) is 5.49. The maximum Gasteiger partial charge on any atom is 0.246 e. The average molecular weight is 293 g/mol. The maximum absolute atomic E-state index is 12.5. The Hall–Kier alpha value is -0.820. The van der Waals surface area contributed by atoms with Crippen LogP contribution < -0.4 is 5.73 Å². The summed E-state index contributed by atoms with van der Waals surface area (Å²) in [5.41, 5.74) is 5.79. The van der Waals surface area contributed by atoms with E-state index in [1.54, 1.807) is 19.9 Å². The van der Waals surface area contributed by atoms with Crippen molar-refractivity contribution in [2.24, 2.45) is 0 Å². The van der Waals surface area contributed by atoms with Crippen LogP contribution in [0.25, 0.3) is 0 Å². The number of nitrogens with zero attached hydrogens (tertiary/aromatic N) is 1. The van der Waals surface area contributed by atoms with Gasteiger partial charge < -0.3 is 10.8 Å². The lowest BCUT2D eigenvalue weighted by Crippen LogP contribution is -2.39. The van der Waals surface area contributed by atoms with E-state index in [1.807, 2.05) is 0 Å². The van der Waals surface area contributed by atoms with Crippen molar-refractivity contribution in [1.29, 1.82) is 0 Å². The third kappa shape index (κ3) is 2.95. The molecule has 0 saturated carbocycles. The van der Waals surface area contributed by atoms with Crippen LogP contribution in [0.2, 0.25) is 5.02 Å². The number of halogens is 1. The molecule has 0 heterocycles. The molecule has 0 atom stereocenters. The molecular formula is C11H17ClN2O3S. The molecule has 0 fully saturated rings. The minimum absolute atomic E-state index is 0.00463. The molecule has 0 amide bonds. The van der Waals surface area contributed by atoms with E-state index in [2.05, 4.69) is 0 Å². The number of hydrogen-bond acceptors (Lipinski definition) is 4. The van der Waals surface area contributed by atoms with E-state index in [0.29, 0.717) is 0 Å². The molecule has 0 bridgehead atoms. The minimum Gasteiger partial charge on any atom is -0.398 e. The van der Waals surface area contributed by atoms with Gasteiger partial charge in [0.2, 0.25) is 10.0 Å². The summed E-state index contributed by atoms with van der Waals surface area (Å²) in [7, 11) is -3.81. The van der Waals surface area contributed by atoms with Crippen molar-refractivity contribution in [3.8, 4) is 0 Å². The van der Waals surface area contributed by atoms with Crippen molar-refractivity contribution in [3.05, 3.63) is 23.2 Å². The van der Waals surface area contributed by atoms with Gasteiger partial charge in [0, 0.05) is 12.6 Å². The van der Waals surface area contributed by atoms with Crippen LogP contribution in [0, 0.1) is 0 Å². The lowest BCUT2D eigenvalue weighted by molar-refractivity contribution is 0.236. The summed E-state index contributed by atoms with van der Waals surface area (Å²) in [5, 5.41) is 9.05. The zero-order chi connectivity index (χ0) is 13.9. The molecule has 0 aliphatic carbocycles. The van der Waals surface area contributed by atoms with Gasteiger partial charge in [-0.05, 0) is 26.0 Å². The van der Waals surface area contributed by atoms with Gasteiger partial charge in [0.1, 0.15) is 4.90 Å². The third-order valence-corrected chi connectivity index (χ3v) is 5.08. The summed E-state index contributed by atoms with van der Waals surface area (Å²) in [5.74, 6) is 0. The van der Waals surface area contributed by atoms with Crippen LogP contribution in [0.5, 0.6) is 0 Å². The van der Waals surface area contributed by atoms with Gasteiger partial charge >= 0.3 is 0 Å². The standard InChI is InChI=1S/C11H17ClN2O3S/c1-8(2)14(6-7-15)18(16,17)11-9(12)4-3-5-10(11)13/h3-5,8,15H,6-7,13H2,1-2H3. The Morgan fingerprint density at radius 3 is 2.50 bits per heavy atom. The number of benzene rings is 1. The van der Waals surface area contributed by atoms with Crippen molar-refractivity contribution in [2.45, 2.75) is 24.8 Å². The maximum atomic E-state index is 12.5. The van der Waals surface area contributed by atoms with Gasteiger partial charge in [-0.3, -0.25) is 0 Å². The fourth-order valence-corrected chi connectivity index (χ4v) is 3.94. The Bertz CT molecular complexity index is 497. The number of anilines is 1. The first-order valence-corrected chi connectivity index (χ1v) is 7.31. The van der Waals surface area contributed by atoms with Crippen LogP contribution in [0.1, 0.15) is 13.8 Å². The molecule has 1 rings (SSSR count). The third-order valence-electron chi connectivity index (χ3n) is 2.46. The molecule has 3 N–H and O–H groups in total. The Morgan fingerprint density at radius 1 is 1.44 bits per heavy atom. The Balaban J connectivity index is 3.36. The minimum atomic E-state index is -3.81. The number of rotatable bonds is 5. The highest BCUT2D eigenvalue weighted by molar-refractivity contribution is 7.89. The second kappa shape index (κ2) is 5.88. The van der Waals surface area contributed by atoms with E-state index >= 15 is 0 Å². The van der Waals surface area contributed by atoms with E-state index in [4.69, 9.17) is 22.4 Å². The van der Waals surface area contributed by atoms with E-state index in [9.17, 15) is 8.42 Å². The van der Waals surface area contributed by atoms with Crippen molar-refractivity contribution in [1.82, 2.24) is 4.31 Å². The molecule has 0 radical (unpaired) electrons. The number of sulfonamides is 1. The topological polar surface area (TPSA) is 83.6 Å². The van der Waals surface area contributed by atoms with E-state index in [1.165, 1.54) is 16.4 Å². The van der Waals surface area contributed by atoms with Gasteiger partial charge in [0.15, 0.2) is 0 Å². The zero-order valence-corrected chi connectivity index (χ0v) is 11.9. The van der Waals surface area contributed by atoms with Crippen LogP contribution in [0.3, 0.4) is 0 Å². The largest absolute Gasteiger partial charge is 0.398 e. The van der Waals surface area contributed by atoms with Crippen molar-refractivity contribution < 1.29 is 13.5 Å². The fourth-order valence-electron chi connectivity index (χ4n) is 1.67. The van der Waals surface area contributed by atoms with Gasteiger partial charge in [0.05, 0.1) is 17.3 Å². The van der Waals surface area contributed by atoms with E-state index in [0.717, 1.165) is 0 Å². The highest BCUT2D eigenvalue weighted by atomic mass is 35.5. The monoisotopic (exact) mass is 292 g/mol. The number of hydrogen-bond donors (Lipinski definition) is 2. The van der Waals surface area contributed by atoms with Gasteiger partial charge in [0.25, 0.3) is 0 Å². The van der Waals surface area contributed by atoms with Crippen LogP contribution in [-0.4, -0.2) is 37.0 Å². The molecular weight excluding hydrogens is 276 g/mol. The Morgan fingerprint density at radius 2 is 2.06 bits per heavy atom. The molecule has 0 aromatic heterocycles. The lowest BCUT2D eigenvalue weighted by atomic mass is 10.3. The predicted octanol–water partition coefficient (Wildman–Crippen LogP) is 1.31. The van der Waals surface area contributed by atoms with Gasteiger partial charge in [-0.15, -0.1) is 0 Å². The first kappa shape index (κ1) is 15.2. The quantitative estimate of drug-likeness (QED) is 0.802. The van der Waals surface area contributed by atoms with Gasteiger partial charge in [-0.2, -0.15) is 4.31 Å². The zero-order valence-electron chi connectivity index (χ0n) is 10.3. The summed E-state index contributed by atoms with van der Waals surface area (Å²) in [6, 6.07) is 4.25. The summed E-state index contributed by atoms with van der Waals surface area (Å²) < 4.78 is 26.1. The SMILES string of the molecule is CC(C)N(CCO)S(=O)(=O)c1c(N)cccc1Cl. The average Bonchev–Trinajstić information content (AvgIpc) is 2.24. The van der Waals surface area contributed by atoms with Gasteiger partial charge in [-0.1, -0.05) is 17.7 Å². The molecule has 18 heavy (non-hydrogen) atoms. The molecule has 7 heteroatoms. The number of nitrogens with two attached hydrogens (primary N) is 1. The highest BCUT2D eigenvalue weighted by Gasteiger charge is 2.30. The highest BCUT2D eigenvalue weighted by Crippen LogP contribution is 2.30. The molecule has 0 aliphatic rings. The molecule has 1 aromatic rings. The summed E-state index contributed by atoms with van der Waals surface area (Å²) in [4.78, 5) is -0.103. The predicted molar refractivity (Wildman–Crippen MR) is 72.0 cm³/mol. The van der Waals surface area contributed by atoms with Crippen molar-refractivity contribution in [3.63, 3.8) is 0 Å². The molecule has 5 nitrogen and oxygen atoms in total. The normalized spacial score (nSPS) is 12.3. The van der Waals surface area contributed by atoms with Crippen LogP contribution in [-0.2, 0) is 10.0 Å².